The highest BCUT2D eigenvalue weighted by Gasteiger charge is 2.12. The first-order valence-corrected chi connectivity index (χ1v) is 11.2. The molecule has 0 radical (unpaired) electrons. The minimum atomic E-state index is 0.736. The van der Waals surface area contributed by atoms with Crippen LogP contribution in [0.25, 0.3) is 22.3 Å². The second-order valence-corrected chi connectivity index (χ2v) is 8.54. The van der Waals surface area contributed by atoms with Crippen LogP contribution in [0.4, 0.5) is 5.82 Å². The summed E-state index contributed by atoms with van der Waals surface area (Å²) in [5.41, 5.74) is 6.98. The van der Waals surface area contributed by atoms with Gasteiger partial charge >= 0.3 is 0 Å². The summed E-state index contributed by atoms with van der Waals surface area (Å²) in [6, 6.07) is 19.6. The van der Waals surface area contributed by atoms with Crippen molar-refractivity contribution < 1.29 is 0 Å². The quantitative estimate of drug-likeness (QED) is 0.438. The van der Waals surface area contributed by atoms with E-state index >= 15 is 0 Å². The van der Waals surface area contributed by atoms with Crippen LogP contribution in [0, 0.1) is 6.92 Å². The molecule has 0 aliphatic carbocycles. The number of rotatable bonds is 6. The lowest BCUT2D eigenvalue weighted by atomic mass is 10.1. The van der Waals surface area contributed by atoms with Gasteiger partial charge in [0.2, 0.25) is 0 Å². The normalized spacial score (nSPS) is 14.7. The molecule has 5 heteroatoms. The number of aromatic nitrogens is 3. The highest BCUT2D eigenvalue weighted by Crippen LogP contribution is 2.27. The monoisotopic (exact) mass is 411 g/mol. The third-order valence-corrected chi connectivity index (χ3v) is 6.09. The maximum Gasteiger partial charge on any atom is 0.143 e. The molecule has 2 aromatic heterocycles. The standard InChI is InChI=1S/C26H29N5/c1-19-6-5-7-21(14-19)16-27-25-23-15-24(30-26(23)29-18-28-25)22-10-8-20(9-11-22)17-31-12-3-2-4-13-31/h5-11,14-15,18H,2-4,12-13,16-17H2,1H3,(H2,27,28,29,30). The predicted octanol–water partition coefficient (Wildman–Crippen LogP) is 5.53. The summed E-state index contributed by atoms with van der Waals surface area (Å²) in [6.07, 6.45) is 5.65. The number of H-pyrrole nitrogens is 1. The van der Waals surface area contributed by atoms with Crippen LogP contribution in [0.15, 0.2) is 60.9 Å². The van der Waals surface area contributed by atoms with Gasteiger partial charge < -0.3 is 10.3 Å². The highest BCUT2D eigenvalue weighted by atomic mass is 15.1. The molecule has 1 fully saturated rings. The van der Waals surface area contributed by atoms with E-state index in [0.29, 0.717) is 0 Å². The minimum absolute atomic E-state index is 0.736. The molecule has 0 saturated carbocycles. The Hall–Kier alpha value is -3.18. The fourth-order valence-corrected chi connectivity index (χ4v) is 4.41. The molecule has 5 nitrogen and oxygen atoms in total. The van der Waals surface area contributed by atoms with Crippen molar-refractivity contribution in [3.8, 4) is 11.3 Å². The van der Waals surface area contributed by atoms with Gasteiger partial charge in [0.05, 0.1) is 5.39 Å². The second kappa shape index (κ2) is 8.90. The number of aryl methyl sites for hydroxylation is 1. The molecule has 1 aliphatic heterocycles. The van der Waals surface area contributed by atoms with Crippen molar-refractivity contribution in [2.45, 2.75) is 39.3 Å². The number of piperidine rings is 1. The van der Waals surface area contributed by atoms with E-state index in [0.717, 1.165) is 35.6 Å². The van der Waals surface area contributed by atoms with Crippen LogP contribution in [-0.2, 0) is 13.1 Å². The first kappa shape index (κ1) is 19.8. The van der Waals surface area contributed by atoms with Crippen LogP contribution >= 0.6 is 0 Å². The predicted molar refractivity (Wildman–Crippen MR) is 127 cm³/mol. The zero-order valence-electron chi connectivity index (χ0n) is 18.1. The molecule has 4 aromatic rings. The van der Waals surface area contributed by atoms with Gasteiger partial charge in [-0.3, -0.25) is 4.90 Å². The zero-order chi connectivity index (χ0) is 21.0. The van der Waals surface area contributed by atoms with Crippen LogP contribution in [-0.4, -0.2) is 32.9 Å². The summed E-state index contributed by atoms with van der Waals surface area (Å²) in [4.78, 5) is 14.9. The maximum absolute atomic E-state index is 4.48. The average Bonchev–Trinajstić information content (AvgIpc) is 3.24. The van der Waals surface area contributed by atoms with E-state index < -0.39 is 0 Å². The van der Waals surface area contributed by atoms with Gasteiger partial charge in [0, 0.05) is 18.8 Å². The average molecular weight is 412 g/mol. The Balaban J connectivity index is 1.33. The molecular formula is C26H29N5. The first-order valence-electron chi connectivity index (χ1n) is 11.2. The van der Waals surface area contributed by atoms with E-state index in [-0.39, 0.29) is 0 Å². The van der Waals surface area contributed by atoms with Crippen molar-refractivity contribution in [3.05, 3.63) is 77.6 Å². The highest BCUT2D eigenvalue weighted by molar-refractivity contribution is 5.91. The van der Waals surface area contributed by atoms with Gasteiger partial charge in [-0.2, -0.15) is 0 Å². The van der Waals surface area contributed by atoms with Gasteiger partial charge in [-0.1, -0.05) is 60.5 Å². The van der Waals surface area contributed by atoms with Gasteiger partial charge in [0.1, 0.15) is 17.8 Å². The van der Waals surface area contributed by atoms with E-state index in [2.05, 4.69) is 86.7 Å². The molecule has 3 heterocycles. The third-order valence-electron chi connectivity index (χ3n) is 6.09. The molecule has 158 valence electrons. The van der Waals surface area contributed by atoms with Crippen molar-refractivity contribution in [3.63, 3.8) is 0 Å². The first-order chi connectivity index (χ1) is 15.2. The van der Waals surface area contributed by atoms with Crippen LogP contribution in [0.3, 0.4) is 0 Å². The summed E-state index contributed by atoms with van der Waals surface area (Å²) in [5, 5.41) is 4.49. The molecular weight excluding hydrogens is 382 g/mol. The van der Waals surface area contributed by atoms with Crippen molar-refractivity contribution in [1.29, 1.82) is 0 Å². The molecule has 0 bridgehead atoms. The Morgan fingerprint density at radius 1 is 0.935 bits per heavy atom. The fourth-order valence-electron chi connectivity index (χ4n) is 4.41. The van der Waals surface area contributed by atoms with Gasteiger partial charge in [-0.25, -0.2) is 9.97 Å². The Morgan fingerprint density at radius 2 is 1.77 bits per heavy atom. The maximum atomic E-state index is 4.48. The van der Waals surface area contributed by atoms with Crippen LogP contribution in [0.1, 0.15) is 36.0 Å². The number of anilines is 1. The lowest BCUT2D eigenvalue weighted by Crippen LogP contribution is -2.28. The number of hydrogen-bond donors (Lipinski definition) is 2. The largest absolute Gasteiger partial charge is 0.365 e. The van der Waals surface area contributed by atoms with Gasteiger partial charge in [-0.05, 0) is 55.6 Å². The van der Waals surface area contributed by atoms with Crippen molar-refractivity contribution >= 4 is 16.9 Å². The molecule has 5 rings (SSSR count). The minimum Gasteiger partial charge on any atom is -0.365 e. The molecule has 0 atom stereocenters. The van der Waals surface area contributed by atoms with Crippen molar-refractivity contribution in [2.75, 3.05) is 18.4 Å². The fraction of sp³-hybridized carbons (Fsp3) is 0.308. The molecule has 2 N–H and O–H groups in total. The number of nitrogens with one attached hydrogen (secondary N) is 2. The van der Waals surface area contributed by atoms with Crippen molar-refractivity contribution in [1.82, 2.24) is 19.9 Å². The molecule has 0 amide bonds. The Kier molecular flexibility index (Phi) is 5.67. The molecule has 1 aliphatic rings. The Morgan fingerprint density at radius 3 is 2.58 bits per heavy atom. The molecule has 0 spiro atoms. The topological polar surface area (TPSA) is 56.8 Å². The van der Waals surface area contributed by atoms with E-state index in [9.17, 15) is 0 Å². The number of nitrogens with zero attached hydrogens (tertiary/aromatic N) is 3. The molecule has 2 aromatic carbocycles. The lowest BCUT2D eigenvalue weighted by Gasteiger charge is -2.26. The second-order valence-electron chi connectivity index (χ2n) is 8.54. The number of benzene rings is 2. The van der Waals surface area contributed by atoms with Crippen LogP contribution in [0.2, 0.25) is 0 Å². The zero-order valence-corrected chi connectivity index (χ0v) is 18.1. The van der Waals surface area contributed by atoms with Crippen molar-refractivity contribution in [2.24, 2.45) is 0 Å². The summed E-state index contributed by atoms with van der Waals surface area (Å²) in [5.74, 6) is 0.857. The number of fused-ring (bicyclic) bond motifs is 1. The summed E-state index contributed by atoms with van der Waals surface area (Å²) in [6.45, 7) is 6.34. The lowest BCUT2D eigenvalue weighted by molar-refractivity contribution is 0.221. The number of aromatic amines is 1. The molecule has 0 unspecified atom stereocenters. The van der Waals surface area contributed by atoms with E-state index in [1.165, 1.54) is 54.6 Å². The summed E-state index contributed by atoms with van der Waals surface area (Å²) < 4.78 is 0. The van der Waals surface area contributed by atoms with Gasteiger partial charge in [-0.15, -0.1) is 0 Å². The number of hydrogen-bond acceptors (Lipinski definition) is 4. The van der Waals surface area contributed by atoms with Crippen LogP contribution in [0.5, 0.6) is 0 Å². The smallest absolute Gasteiger partial charge is 0.143 e. The Bertz CT molecular complexity index is 1160. The Labute approximate surface area is 183 Å². The van der Waals surface area contributed by atoms with E-state index in [1.807, 2.05) is 0 Å². The van der Waals surface area contributed by atoms with Gasteiger partial charge in [0.25, 0.3) is 0 Å². The SMILES string of the molecule is Cc1cccc(CNc2ncnc3[nH]c(-c4ccc(CN5CCCCC5)cc4)cc23)c1. The number of likely N-dealkylation sites (tertiary alicyclic amines) is 1. The summed E-state index contributed by atoms with van der Waals surface area (Å²) >= 11 is 0. The molecule has 1 saturated heterocycles. The van der Waals surface area contributed by atoms with Crippen LogP contribution < -0.4 is 5.32 Å². The van der Waals surface area contributed by atoms with E-state index in [4.69, 9.17) is 0 Å². The third kappa shape index (κ3) is 4.62. The van der Waals surface area contributed by atoms with Gasteiger partial charge in [0.15, 0.2) is 0 Å². The molecule has 31 heavy (non-hydrogen) atoms. The van der Waals surface area contributed by atoms with E-state index in [1.54, 1.807) is 6.33 Å². The summed E-state index contributed by atoms with van der Waals surface area (Å²) in [7, 11) is 0.